The highest BCUT2D eigenvalue weighted by Crippen LogP contribution is 2.17. The topological polar surface area (TPSA) is 70.7 Å². The number of nitrogens with one attached hydrogen (secondary N) is 2. The van der Waals surface area contributed by atoms with Crippen molar-refractivity contribution < 1.29 is 14.3 Å². The highest BCUT2D eigenvalue weighted by molar-refractivity contribution is 5.93. The van der Waals surface area contributed by atoms with Gasteiger partial charge in [-0.25, -0.2) is 4.79 Å². The minimum Gasteiger partial charge on any atom is -0.489 e. The van der Waals surface area contributed by atoms with Gasteiger partial charge in [-0.1, -0.05) is 30.3 Å². The fourth-order valence-electron chi connectivity index (χ4n) is 2.29. The molecule has 0 aliphatic carbocycles. The van der Waals surface area contributed by atoms with Gasteiger partial charge in [0.15, 0.2) is 0 Å². The third-order valence-electron chi connectivity index (χ3n) is 3.93. The van der Waals surface area contributed by atoms with E-state index in [1.165, 1.54) is 0 Å². The van der Waals surface area contributed by atoms with Gasteiger partial charge in [-0.3, -0.25) is 4.79 Å². The molecule has 1 atom stereocenters. The molecule has 2 rings (SSSR count). The first-order valence-corrected chi connectivity index (χ1v) is 8.59. The summed E-state index contributed by atoms with van der Waals surface area (Å²) in [5.41, 5.74) is 1.71. The van der Waals surface area contributed by atoms with Gasteiger partial charge in [0.25, 0.3) is 0 Å². The van der Waals surface area contributed by atoms with Crippen LogP contribution in [0.5, 0.6) is 5.75 Å². The number of nitrogens with zero attached hydrogens (tertiary/aromatic N) is 1. The van der Waals surface area contributed by atoms with Gasteiger partial charge in [-0.2, -0.15) is 0 Å². The first-order chi connectivity index (χ1) is 12.5. The number of amides is 3. The highest BCUT2D eigenvalue weighted by Gasteiger charge is 2.18. The summed E-state index contributed by atoms with van der Waals surface area (Å²) in [4.78, 5) is 25.5. The number of carbonyl (C=O) groups excluding carboxylic acids is 2. The maximum absolute atomic E-state index is 12.0. The van der Waals surface area contributed by atoms with Crippen LogP contribution >= 0.6 is 0 Å². The lowest BCUT2D eigenvalue weighted by atomic mass is 10.2. The van der Waals surface area contributed by atoms with Crippen molar-refractivity contribution in [3.8, 4) is 5.75 Å². The van der Waals surface area contributed by atoms with Gasteiger partial charge >= 0.3 is 6.03 Å². The van der Waals surface area contributed by atoms with Crippen molar-refractivity contribution >= 4 is 17.6 Å². The van der Waals surface area contributed by atoms with Gasteiger partial charge < -0.3 is 20.3 Å². The van der Waals surface area contributed by atoms with E-state index >= 15 is 0 Å². The average molecular weight is 355 g/mol. The molecule has 0 bridgehead atoms. The molecule has 2 aromatic carbocycles. The number of urea groups is 1. The van der Waals surface area contributed by atoms with Gasteiger partial charge in [0.2, 0.25) is 5.91 Å². The summed E-state index contributed by atoms with van der Waals surface area (Å²) in [6, 6.07) is 16.0. The van der Waals surface area contributed by atoms with E-state index in [1.54, 1.807) is 43.1 Å². The third-order valence-corrected chi connectivity index (χ3v) is 3.93. The number of hydrogen-bond donors (Lipinski definition) is 2. The molecule has 0 saturated carbocycles. The van der Waals surface area contributed by atoms with Crippen LogP contribution in [0.2, 0.25) is 0 Å². The summed E-state index contributed by atoms with van der Waals surface area (Å²) >= 11 is 0. The molecular weight excluding hydrogens is 330 g/mol. The maximum atomic E-state index is 12.0. The number of carbonyl (C=O) groups is 2. The Hall–Kier alpha value is -3.02. The normalized spacial score (nSPS) is 11.3. The Morgan fingerprint density at radius 2 is 1.73 bits per heavy atom. The van der Waals surface area contributed by atoms with Gasteiger partial charge in [0.05, 0.1) is 0 Å². The minimum atomic E-state index is -0.589. The molecule has 0 fully saturated rings. The lowest BCUT2D eigenvalue weighted by Gasteiger charge is -2.20. The molecule has 138 valence electrons. The van der Waals surface area contributed by atoms with Crippen LogP contribution in [0.25, 0.3) is 0 Å². The second kappa shape index (κ2) is 9.46. The molecule has 26 heavy (non-hydrogen) atoms. The lowest BCUT2D eigenvalue weighted by Crippen LogP contribution is -2.46. The van der Waals surface area contributed by atoms with Gasteiger partial charge in [0.1, 0.15) is 18.4 Å². The Bertz CT molecular complexity index is 717. The largest absolute Gasteiger partial charge is 0.489 e. The smallest absolute Gasteiger partial charge is 0.319 e. The Morgan fingerprint density at radius 3 is 2.35 bits per heavy atom. The van der Waals surface area contributed by atoms with Gasteiger partial charge in [-0.15, -0.1) is 0 Å². The Labute approximate surface area is 154 Å². The fourth-order valence-corrected chi connectivity index (χ4v) is 2.29. The summed E-state index contributed by atoms with van der Waals surface area (Å²) in [5.74, 6) is 0.584. The summed E-state index contributed by atoms with van der Waals surface area (Å²) in [6.07, 6.45) is 0. The molecule has 0 aliphatic heterocycles. The van der Waals surface area contributed by atoms with Crippen molar-refractivity contribution in [1.29, 1.82) is 0 Å². The summed E-state index contributed by atoms with van der Waals surface area (Å²) < 4.78 is 5.71. The predicted octanol–water partition coefficient (Wildman–Crippen LogP) is 3.25. The molecule has 2 N–H and O–H groups in total. The molecule has 3 amide bonds. The van der Waals surface area contributed by atoms with E-state index in [0.717, 1.165) is 5.56 Å². The van der Waals surface area contributed by atoms with Crippen LogP contribution in [-0.2, 0) is 11.4 Å². The number of anilines is 1. The number of likely N-dealkylation sites (N-methyl/N-ethyl adjacent to an activating group) is 1. The lowest BCUT2D eigenvalue weighted by molar-refractivity contribution is -0.131. The van der Waals surface area contributed by atoms with Crippen molar-refractivity contribution in [2.45, 2.75) is 26.5 Å². The summed E-state index contributed by atoms with van der Waals surface area (Å²) in [5, 5.41) is 5.34. The summed E-state index contributed by atoms with van der Waals surface area (Å²) in [6.45, 7) is 4.62. The molecule has 1 unspecified atom stereocenters. The van der Waals surface area contributed by atoms with E-state index in [1.807, 2.05) is 37.3 Å². The molecule has 0 spiro atoms. The molecule has 0 saturated heterocycles. The van der Waals surface area contributed by atoms with Crippen LogP contribution < -0.4 is 15.4 Å². The Kier molecular flexibility index (Phi) is 7.02. The zero-order valence-electron chi connectivity index (χ0n) is 15.4. The summed E-state index contributed by atoms with van der Waals surface area (Å²) in [7, 11) is 1.70. The zero-order chi connectivity index (χ0) is 18.9. The van der Waals surface area contributed by atoms with E-state index in [4.69, 9.17) is 4.74 Å². The average Bonchev–Trinajstić information content (AvgIpc) is 2.66. The van der Waals surface area contributed by atoms with Crippen molar-refractivity contribution in [1.82, 2.24) is 10.2 Å². The first kappa shape index (κ1) is 19.3. The SMILES string of the molecule is CCN(C)C(=O)C(C)NC(=O)Nc1ccc(OCc2ccccc2)cc1. The standard InChI is InChI=1S/C20H25N3O3/c1-4-23(3)19(24)15(2)21-20(25)22-17-10-12-18(13-11-17)26-14-16-8-6-5-7-9-16/h5-13,15H,4,14H2,1-3H3,(H2,21,22,25). The molecular formula is C20H25N3O3. The van der Waals surface area contributed by atoms with Crippen molar-refractivity contribution in [2.24, 2.45) is 0 Å². The van der Waals surface area contributed by atoms with E-state index in [9.17, 15) is 9.59 Å². The number of rotatable bonds is 7. The molecule has 0 heterocycles. The molecule has 6 nitrogen and oxygen atoms in total. The van der Waals surface area contributed by atoms with Crippen LogP contribution in [0.1, 0.15) is 19.4 Å². The molecule has 0 radical (unpaired) electrons. The van der Waals surface area contributed by atoms with Crippen LogP contribution in [0.3, 0.4) is 0 Å². The monoisotopic (exact) mass is 355 g/mol. The van der Waals surface area contributed by atoms with Crippen LogP contribution in [-0.4, -0.2) is 36.5 Å². The zero-order valence-corrected chi connectivity index (χ0v) is 15.4. The molecule has 0 aromatic heterocycles. The second-order valence-corrected chi connectivity index (χ2v) is 5.97. The number of hydrogen-bond acceptors (Lipinski definition) is 3. The Morgan fingerprint density at radius 1 is 1.08 bits per heavy atom. The van der Waals surface area contributed by atoms with E-state index in [2.05, 4.69) is 10.6 Å². The van der Waals surface area contributed by atoms with Crippen molar-refractivity contribution in [2.75, 3.05) is 18.9 Å². The van der Waals surface area contributed by atoms with Crippen LogP contribution in [0.4, 0.5) is 10.5 Å². The minimum absolute atomic E-state index is 0.132. The van der Waals surface area contributed by atoms with E-state index in [-0.39, 0.29) is 5.91 Å². The van der Waals surface area contributed by atoms with Gasteiger partial charge in [-0.05, 0) is 43.7 Å². The van der Waals surface area contributed by atoms with Crippen molar-refractivity contribution in [3.63, 3.8) is 0 Å². The van der Waals surface area contributed by atoms with Gasteiger partial charge in [0, 0.05) is 19.3 Å². The quantitative estimate of drug-likeness (QED) is 0.801. The van der Waals surface area contributed by atoms with E-state index in [0.29, 0.717) is 24.6 Å². The Balaban J connectivity index is 1.82. The third kappa shape index (κ3) is 5.81. The first-order valence-electron chi connectivity index (χ1n) is 8.59. The van der Waals surface area contributed by atoms with Crippen molar-refractivity contribution in [3.05, 3.63) is 60.2 Å². The second-order valence-electron chi connectivity index (χ2n) is 5.97. The molecule has 6 heteroatoms. The highest BCUT2D eigenvalue weighted by atomic mass is 16.5. The fraction of sp³-hybridized carbons (Fsp3) is 0.300. The van der Waals surface area contributed by atoms with Crippen LogP contribution in [0, 0.1) is 0 Å². The molecule has 0 aliphatic rings. The maximum Gasteiger partial charge on any atom is 0.319 e. The number of ether oxygens (including phenoxy) is 1. The van der Waals surface area contributed by atoms with Crippen LogP contribution in [0.15, 0.2) is 54.6 Å². The molecule has 2 aromatic rings. The predicted molar refractivity (Wildman–Crippen MR) is 102 cm³/mol. The number of benzene rings is 2. The van der Waals surface area contributed by atoms with E-state index < -0.39 is 12.1 Å².